The molecule has 0 aliphatic rings. The molecule has 136 valence electrons. The number of methoxy groups -OCH3 is 1. The van der Waals surface area contributed by atoms with Crippen molar-refractivity contribution in [2.75, 3.05) is 19.0 Å². The van der Waals surface area contributed by atoms with Crippen LogP contribution in [-0.2, 0) is 4.79 Å². The molecule has 6 nitrogen and oxygen atoms in total. The maximum atomic E-state index is 13.2. The van der Waals surface area contributed by atoms with E-state index in [9.17, 15) is 9.18 Å². The van der Waals surface area contributed by atoms with Crippen molar-refractivity contribution >= 4 is 23.0 Å². The third kappa shape index (κ3) is 3.98. The molecule has 0 saturated carbocycles. The maximum absolute atomic E-state index is 13.2. The average molecular weight is 364 g/mol. The van der Waals surface area contributed by atoms with E-state index < -0.39 is 5.82 Å². The number of hydrogen-bond acceptors (Lipinski definition) is 6. The Balaban J connectivity index is 2.08. The number of aldehydes is 1. The molecule has 0 fully saturated rings. The lowest BCUT2D eigenvalue weighted by Gasteiger charge is -2.12. The molecule has 0 aliphatic carbocycles. The Bertz CT molecular complexity index is 1020. The molecule has 2 aromatic heterocycles. The fraction of sp³-hybridized carbons (Fsp3) is 0.100. The summed E-state index contributed by atoms with van der Waals surface area (Å²) in [5, 5.41) is 3.89. The number of rotatable bonds is 7. The van der Waals surface area contributed by atoms with Crippen molar-refractivity contribution in [3.05, 3.63) is 66.9 Å². The van der Waals surface area contributed by atoms with Gasteiger partial charge in [-0.1, -0.05) is 12.7 Å². The van der Waals surface area contributed by atoms with E-state index in [0.29, 0.717) is 41.0 Å². The number of nitrogens with one attached hydrogen (secondary N) is 1. The molecule has 1 N–H and O–H groups in total. The van der Waals surface area contributed by atoms with E-state index >= 15 is 0 Å². The highest BCUT2D eigenvalue weighted by Crippen LogP contribution is 2.33. The summed E-state index contributed by atoms with van der Waals surface area (Å²) in [5.74, 6) is 0.712. The number of pyridine rings is 1. The number of aromatic nitrogens is 3. The second-order valence-corrected chi connectivity index (χ2v) is 5.59. The van der Waals surface area contributed by atoms with E-state index in [0.717, 1.165) is 17.3 Å². The summed E-state index contributed by atoms with van der Waals surface area (Å²) in [6.07, 6.45) is 6.32. The SMILES string of the molecule is C=C/C(=C\C=O)CNc1ncnc2c(OC)cc(-c3ccc(F)cn3)cc12. The van der Waals surface area contributed by atoms with Gasteiger partial charge in [0.1, 0.15) is 35.5 Å². The van der Waals surface area contributed by atoms with Crippen LogP contribution >= 0.6 is 0 Å². The van der Waals surface area contributed by atoms with Gasteiger partial charge in [-0.25, -0.2) is 14.4 Å². The van der Waals surface area contributed by atoms with Crippen LogP contribution in [-0.4, -0.2) is 34.9 Å². The molecule has 0 unspecified atom stereocenters. The van der Waals surface area contributed by atoms with Crippen molar-refractivity contribution in [1.29, 1.82) is 0 Å². The zero-order valence-electron chi connectivity index (χ0n) is 14.6. The first-order valence-corrected chi connectivity index (χ1v) is 8.11. The van der Waals surface area contributed by atoms with Crippen LogP contribution in [0.4, 0.5) is 10.2 Å². The zero-order valence-corrected chi connectivity index (χ0v) is 14.6. The van der Waals surface area contributed by atoms with Gasteiger partial charge in [-0.3, -0.25) is 9.78 Å². The number of ether oxygens (including phenoxy) is 1. The van der Waals surface area contributed by atoms with Crippen molar-refractivity contribution in [3.8, 4) is 17.0 Å². The molecule has 0 aliphatic heterocycles. The van der Waals surface area contributed by atoms with Gasteiger partial charge in [0.25, 0.3) is 0 Å². The van der Waals surface area contributed by atoms with Gasteiger partial charge in [0.05, 0.1) is 19.0 Å². The van der Waals surface area contributed by atoms with Crippen LogP contribution in [0.15, 0.2) is 61.1 Å². The Hall–Kier alpha value is -3.61. The van der Waals surface area contributed by atoms with E-state index in [1.807, 2.05) is 6.07 Å². The van der Waals surface area contributed by atoms with Gasteiger partial charge in [-0.2, -0.15) is 0 Å². The van der Waals surface area contributed by atoms with Crippen LogP contribution in [0, 0.1) is 5.82 Å². The van der Waals surface area contributed by atoms with Crippen molar-refractivity contribution in [1.82, 2.24) is 15.0 Å². The van der Waals surface area contributed by atoms with Crippen LogP contribution in [0.25, 0.3) is 22.2 Å². The standard InChI is InChI=1S/C20H17FN4O2/c1-3-13(6-7-26)10-23-20-16-8-14(17-5-4-15(21)11-22-17)9-18(27-2)19(16)24-12-25-20/h3-9,11-12H,1,10H2,2H3,(H,23,24,25)/b13-6+. The number of anilines is 1. The van der Waals surface area contributed by atoms with Crippen LogP contribution in [0.5, 0.6) is 5.75 Å². The number of nitrogens with zero attached hydrogens (tertiary/aromatic N) is 3. The summed E-state index contributed by atoms with van der Waals surface area (Å²) in [7, 11) is 1.55. The van der Waals surface area contributed by atoms with E-state index in [-0.39, 0.29) is 0 Å². The Morgan fingerprint density at radius 3 is 2.81 bits per heavy atom. The molecule has 0 spiro atoms. The second-order valence-electron chi connectivity index (χ2n) is 5.59. The molecule has 2 heterocycles. The van der Waals surface area contributed by atoms with Crippen molar-refractivity contribution in [3.63, 3.8) is 0 Å². The minimum atomic E-state index is -0.406. The first-order chi connectivity index (χ1) is 13.2. The van der Waals surface area contributed by atoms with Gasteiger partial charge in [0.15, 0.2) is 0 Å². The first kappa shape index (κ1) is 18.2. The van der Waals surface area contributed by atoms with E-state index in [4.69, 9.17) is 4.74 Å². The molecule has 0 bridgehead atoms. The largest absolute Gasteiger partial charge is 0.494 e. The van der Waals surface area contributed by atoms with Crippen molar-refractivity contribution < 1.29 is 13.9 Å². The van der Waals surface area contributed by atoms with Crippen molar-refractivity contribution in [2.45, 2.75) is 0 Å². The normalized spacial score (nSPS) is 11.3. The number of carbonyl (C=O) groups is 1. The van der Waals surface area contributed by atoms with Crippen LogP contribution in [0.2, 0.25) is 0 Å². The van der Waals surface area contributed by atoms with E-state index in [2.05, 4.69) is 26.8 Å². The minimum absolute atomic E-state index is 0.371. The van der Waals surface area contributed by atoms with Gasteiger partial charge in [0.2, 0.25) is 0 Å². The fourth-order valence-electron chi connectivity index (χ4n) is 2.60. The van der Waals surface area contributed by atoms with Gasteiger partial charge in [-0.05, 0) is 35.9 Å². The summed E-state index contributed by atoms with van der Waals surface area (Å²) in [6, 6.07) is 6.59. The Kier molecular flexibility index (Phi) is 5.51. The number of fused-ring (bicyclic) bond motifs is 1. The topological polar surface area (TPSA) is 77.0 Å². The number of benzene rings is 1. The molecule has 3 aromatic rings. The molecule has 0 amide bonds. The molecule has 7 heteroatoms. The smallest absolute Gasteiger partial charge is 0.145 e. The van der Waals surface area contributed by atoms with Gasteiger partial charge >= 0.3 is 0 Å². The third-order valence-electron chi connectivity index (χ3n) is 3.95. The third-order valence-corrected chi connectivity index (χ3v) is 3.95. The van der Waals surface area contributed by atoms with Gasteiger partial charge in [0, 0.05) is 17.5 Å². The lowest BCUT2D eigenvalue weighted by atomic mass is 10.1. The van der Waals surface area contributed by atoms with Crippen LogP contribution in [0.1, 0.15) is 0 Å². The second kappa shape index (κ2) is 8.18. The van der Waals surface area contributed by atoms with Crippen molar-refractivity contribution in [2.24, 2.45) is 0 Å². The number of hydrogen-bond donors (Lipinski definition) is 1. The summed E-state index contributed by atoms with van der Waals surface area (Å²) in [4.78, 5) is 23.4. The fourth-order valence-corrected chi connectivity index (χ4v) is 2.60. The first-order valence-electron chi connectivity index (χ1n) is 8.11. The Morgan fingerprint density at radius 1 is 1.30 bits per heavy atom. The molecule has 27 heavy (non-hydrogen) atoms. The summed E-state index contributed by atoms with van der Waals surface area (Å²) >= 11 is 0. The molecule has 0 atom stereocenters. The predicted octanol–water partition coefficient (Wildman–Crippen LogP) is 3.56. The number of carbonyl (C=O) groups excluding carboxylic acids is 1. The Labute approximate surface area is 155 Å². The van der Waals surface area contributed by atoms with E-state index in [1.165, 1.54) is 18.5 Å². The highest BCUT2D eigenvalue weighted by Gasteiger charge is 2.12. The molecule has 0 saturated heterocycles. The summed E-state index contributed by atoms with van der Waals surface area (Å²) < 4.78 is 18.6. The lowest BCUT2D eigenvalue weighted by molar-refractivity contribution is -0.104. The molecular formula is C20H17FN4O2. The van der Waals surface area contributed by atoms with Gasteiger partial charge in [-0.15, -0.1) is 0 Å². The highest BCUT2D eigenvalue weighted by atomic mass is 19.1. The summed E-state index contributed by atoms with van der Waals surface area (Å²) in [6.45, 7) is 4.05. The monoisotopic (exact) mass is 364 g/mol. The molecule has 1 aromatic carbocycles. The number of halogens is 1. The molecular weight excluding hydrogens is 347 g/mol. The summed E-state index contributed by atoms with van der Waals surface area (Å²) in [5.41, 5.74) is 2.68. The molecule has 0 radical (unpaired) electrons. The quantitative estimate of drug-likeness (QED) is 0.392. The average Bonchev–Trinajstić information content (AvgIpc) is 2.70. The van der Waals surface area contributed by atoms with Crippen LogP contribution in [0.3, 0.4) is 0 Å². The number of allylic oxidation sites excluding steroid dienone is 1. The maximum Gasteiger partial charge on any atom is 0.145 e. The minimum Gasteiger partial charge on any atom is -0.494 e. The predicted molar refractivity (Wildman–Crippen MR) is 102 cm³/mol. The van der Waals surface area contributed by atoms with Gasteiger partial charge < -0.3 is 10.1 Å². The van der Waals surface area contributed by atoms with E-state index in [1.54, 1.807) is 25.3 Å². The lowest BCUT2D eigenvalue weighted by Crippen LogP contribution is -2.06. The highest BCUT2D eigenvalue weighted by molar-refractivity contribution is 5.96. The Morgan fingerprint density at radius 2 is 2.15 bits per heavy atom. The zero-order chi connectivity index (χ0) is 19.2. The molecule has 3 rings (SSSR count). The van der Waals surface area contributed by atoms with Crippen LogP contribution < -0.4 is 10.1 Å².